The number of rotatable bonds is 1. The summed E-state index contributed by atoms with van der Waals surface area (Å²) in [5.74, 6) is 0.811. The first kappa shape index (κ1) is 9.72. The van der Waals surface area contributed by atoms with Crippen molar-refractivity contribution in [2.45, 2.75) is 19.3 Å². The molecule has 0 spiro atoms. The summed E-state index contributed by atoms with van der Waals surface area (Å²) in [5.41, 5.74) is 1.46. The second-order valence-corrected chi connectivity index (χ2v) is 4.22. The van der Waals surface area contributed by atoms with E-state index in [1.54, 1.807) is 0 Å². The number of imidazole rings is 1. The molecule has 0 aliphatic carbocycles. The minimum atomic E-state index is -0.548. The van der Waals surface area contributed by atoms with Gasteiger partial charge in [0.25, 0.3) is 0 Å². The molecule has 2 aromatic rings. The maximum Gasteiger partial charge on any atom is 0.129 e. The van der Waals surface area contributed by atoms with Gasteiger partial charge in [-0.3, -0.25) is 0 Å². The van der Waals surface area contributed by atoms with Crippen LogP contribution in [0.2, 0.25) is 0 Å². The van der Waals surface area contributed by atoms with E-state index in [0.717, 1.165) is 16.9 Å². The average Bonchev–Trinajstić information content (AvgIpc) is 2.58. The molecule has 0 bridgehead atoms. The van der Waals surface area contributed by atoms with E-state index in [0.29, 0.717) is 0 Å². The lowest BCUT2D eigenvalue weighted by Gasteiger charge is -2.14. The lowest BCUT2D eigenvalue weighted by atomic mass is 9.95. The molecule has 0 unspecified atom stereocenters. The van der Waals surface area contributed by atoms with Crippen molar-refractivity contribution in [3.8, 4) is 6.07 Å². The van der Waals surface area contributed by atoms with Crippen LogP contribution in [0.4, 0.5) is 0 Å². The Kier molecular flexibility index (Phi) is 2.01. The molecule has 0 saturated carbocycles. The highest BCUT2D eigenvalue weighted by molar-refractivity contribution is 5.76. The standard InChI is InChI=1S/C12H13N3/c1-12(2,8-13)11-14-9-6-4-5-7-10(9)15(11)3/h4-7H,1-3H3. The number of benzene rings is 1. The predicted octanol–water partition coefficient (Wildman–Crippen LogP) is 2.37. The van der Waals surface area contributed by atoms with Crippen LogP contribution in [0.3, 0.4) is 0 Å². The summed E-state index contributed by atoms with van der Waals surface area (Å²) in [4.78, 5) is 4.50. The van der Waals surface area contributed by atoms with Crippen LogP contribution in [-0.2, 0) is 12.5 Å². The molecular weight excluding hydrogens is 186 g/mol. The molecule has 0 aliphatic rings. The van der Waals surface area contributed by atoms with E-state index in [4.69, 9.17) is 5.26 Å². The van der Waals surface area contributed by atoms with Gasteiger partial charge in [-0.2, -0.15) is 5.26 Å². The Labute approximate surface area is 89.0 Å². The minimum absolute atomic E-state index is 0.548. The molecule has 0 radical (unpaired) electrons. The van der Waals surface area contributed by atoms with Crippen LogP contribution in [0, 0.1) is 11.3 Å². The van der Waals surface area contributed by atoms with Crippen molar-refractivity contribution in [2.24, 2.45) is 7.05 Å². The molecule has 76 valence electrons. The van der Waals surface area contributed by atoms with Crippen LogP contribution in [0.25, 0.3) is 11.0 Å². The molecule has 15 heavy (non-hydrogen) atoms. The van der Waals surface area contributed by atoms with Crippen LogP contribution >= 0.6 is 0 Å². The van der Waals surface area contributed by atoms with Gasteiger partial charge < -0.3 is 4.57 Å². The molecule has 0 fully saturated rings. The molecule has 1 aromatic heterocycles. The largest absolute Gasteiger partial charge is 0.330 e. The Morgan fingerprint density at radius 2 is 2.00 bits per heavy atom. The van der Waals surface area contributed by atoms with E-state index in [2.05, 4.69) is 11.1 Å². The number of para-hydroxylation sites is 2. The van der Waals surface area contributed by atoms with Crippen LogP contribution in [0.5, 0.6) is 0 Å². The van der Waals surface area contributed by atoms with E-state index in [1.807, 2.05) is 49.7 Å². The van der Waals surface area contributed by atoms with Crippen molar-refractivity contribution < 1.29 is 0 Å². The number of aryl methyl sites for hydroxylation is 1. The molecule has 1 heterocycles. The molecule has 0 atom stereocenters. The minimum Gasteiger partial charge on any atom is -0.330 e. The lowest BCUT2D eigenvalue weighted by molar-refractivity contribution is 0.602. The zero-order chi connectivity index (χ0) is 11.1. The molecule has 3 heteroatoms. The Morgan fingerprint density at radius 1 is 1.33 bits per heavy atom. The third-order valence-electron chi connectivity index (χ3n) is 2.63. The van der Waals surface area contributed by atoms with Crippen molar-refractivity contribution in [3.63, 3.8) is 0 Å². The molecule has 2 rings (SSSR count). The Hall–Kier alpha value is -1.82. The Morgan fingerprint density at radius 3 is 2.60 bits per heavy atom. The monoisotopic (exact) mass is 199 g/mol. The quantitative estimate of drug-likeness (QED) is 0.707. The van der Waals surface area contributed by atoms with Gasteiger partial charge in [-0.05, 0) is 26.0 Å². The van der Waals surface area contributed by atoms with Crippen LogP contribution < -0.4 is 0 Å². The third-order valence-corrected chi connectivity index (χ3v) is 2.63. The summed E-state index contributed by atoms with van der Waals surface area (Å²) in [7, 11) is 1.95. The summed E-state index contributed by atoms with van der Waals surface area (Å²) in [6, 6.07) is 10.2. The van der Waals surface area contributed by atoms with Crippen molar-refractivity contribution >= 4 is 11.0 Å². The lowest BCUT2D eigenvalue weighted by Crippen LogP contribution is -2.19. The summed E-state index contributed by atoms with van der Waals surface area (Å²) in [5, 5.41) is 9.09. The average molecular weight is 199 g/mol. The smallest absolute Gasteiger partial charge is 0.129 e. The first-order valence-electron chi connectivity index (χ1n) is 4.89. The van der Waals surface area contributed by atoms with Gasteiger partial charge >= 0.3 is 0 Å². The molecule has 0 aliphatic heterocycles. The van der Waals surface area contributed by atoms with Gasteiger partial charge in [0, 0.05) is 7.05 Å². The number of nitriles is 1. The van der Waals surface area contributed by atoms with Crippen molar-refractivity contribution in [1.29, 1.82) is 5.26 Å². The number of fused-ring (bicyclic) bond motifs is 1. The fraction of sp³-hybridized carbons (Fsp3) is 0.333. The van der Waals surface area contributed by atoms with E-state index in [-0.39, 0.29) is 0 Å². The Bertz CT molecular complexity index is 543. The maximum atomic E-state index is 9.09. The molecule has 0 amide bonds. The molecular formula is C12H13N3. The number of hydrogen-bond donors (Lipinski definition) is 0. The van der Waals surface area contributed by atoms with E-state index >= 15 is 0 Å². The summed E-state index contributed by atoms with van der Waals surface area (Å²) in [6.45, 7) is 3.77. The van der Waals surface area contributed by atoms with E-state index < -0.39 is 5.41 Å². The maximum absolute atomic E-state index is 9.09. The molecule has 1 aromatic carbocycles. The van der Waals surface area contributed by atoms with Crippen molar-refractivity contribution in [1.82, 2.24) is 9.55 Å². The summed E-state index contributed by atoms with van der Waals surface area (Å²) >= 11 is 0. The first-order valence-corrected chi connectivity index (χ1v) is 4.89. The van der Waals surface area contributed by atoms with Gasteiger partial charge in [-0.15, -0.1) is 0 Å². The third kappa shape index (κ3) is 1.39. The second-order valence-electron chi connectivity index (χ2n) is 4.22. The van der Waals surface area contributed by atoms with Crippen molar-refractivity contribution in [3.05, 3.63) is 30.1 Å². The summed E-state index contributed by atoms with van der Waals surface area (Å²) < 4.78 is 1.98. The predicted molar refractivity (Wildman–Crippen MR) is 59.4 cm³/mol. The first-order chi connectivity index (χ1) is 7.06. The van der Waals surface area contributed by atoms with E-state index in [1.165, 1.54) is 0 Å². The Balaban J connectivity index is 2.75. The normalized spacial score (nSPS) is 11.6. The molecule has 0 saturated heterocycles. The topological polar surface area (TPSA) is 41.6 Å². The fourth-order valence-electron chi connectivity index (χ4n) is 1.75. The van der Waals surface area contributed by atoms with E-state index in [9.17, 15) is 0 Å². The second kappa shape index (κ2) is 3.09. The summed E-state index contributed by atoms with van der Waals surface area (Å²) in [6.07, 6.45) is 0. The SMILES string of the molecule is Cn1c(C(C)(C)C#N)nc2ccccc21. The van der Waals surface area contributed by atoms with Gasteiger partial charge in [0.15, 0.2) is 0 Å². The van der Waals surface area contributed by atoms with Crippen LogP contribution in [0.1, 0.15) is 19.7 Å². The zero-order valence-corrected chi connectivity index (χ0v) is 9.15. The number of aromatic nitrogens is 2. The number of hydrogen-bond acceptors (Lipinski definition) is 2. The van der Waals surface area contributed by atoms with Crippen LogP contribution in [0.15, 0.2) is 24.3 Å². The fourth-order valence-corrected chi connectivity index (χ4v) is 1.75. The number of nitrogens with zero attached hydrogens (tertiary/aromatic N) is 3. The zero-order valence-electron chi connectivity index (χ0n) is 9.15. The van der Waals surface area contributed by atoms with Gasteiger partial charge in [0.2, 0.25) is 0 Å². The highest BCUT2D eigenvalue weighted by atomic mass is 15.1. The van der Waals surface area contributed by atoms with Gasteiger partial charge in [-0.1, -0.05) is 12.1 Å². The van der Waals surface area contributed by atoms with Crippen LogP contribution in [-0.4, -0.2) is 9.55 Å². The van der Waals surface area contributed by atoms with Gasteiger partial charge in [0.05, 0.1) is 17.1 Å². The highest BCUT2D eigenvalue weighted by Gasteiger charge is 2.25. The van der Waals surface area contributed by atoms with Crippen molar-refractivity contribution in [2.75, 3.05) is 0 Å². The highest BCUT2D eigenvalue weighted by Crippen LogP contribution is 2.24. The molecule has 3 nitrogen and oxygen atoms in total. The molecule has 0 N–H and O–H groups in total. The van der Waals surface area contributed by atoms with Gasteiger partial charge in [0.1, 0.15) is 11.2 Å². The van der Waals surface area contributed by atoms with Gasteiger partial charge in [-0.25, -0.2) is 4.98 Å².